The monoisotopic (exact) mass is 761 g/mol. The molecular formula is C47H88N2O5. The van der Waals surface area contributed by atoms with Gasteiger partial charge < -0.3 is 24.4 Å². The molecule has 0 aliphatic carbocycles. The van der Waals surface area contributed by atoms with Crippen LogP contribution < -0.4 is 5.32 Å². The predicted octanol–water partition coefficient (Wildman–Crippen LogP) is 12.5. The Balaban J connectivity index is 1.74. The minimum atomic E-state index is -0.737. The van der Waals surface area contributed by atoms with E-state index < -0.39 is 11.8 Å². The van der Waals surface area contributed by atoms with E-state index in [-0.39, 0.29) is 30.7 Å². The third-order valence-corrected chi connectivity index (χ3v) is 11.5. The molecule has 3 atom stereocenters. The summed E-state index contributed by atoms with van der Waals surface area (Å²) in [5, 5.41) is 3.24. The van der Waals surface area contributed by atoms with Crippen molar-refractivity contribution in [3.05, 3.63) is 12.2 Å². The summed E-state index contributed by atoms with van der Waals surface area (Å²) in [4.78, 5) is 28.5. The summed E-state index contributed by atoms with van der Waals surface area (Å²) in [7, 11) is 0. The third kappa shape index (κ3) is 25.7. The van der Waals surface area contributed by atoms with E-state index in [1.807, 2.05) is 13.8 Å². The van der Waals surface area contributed by atoms with Crippen molar-refractivity contribution in [2.75, 3.05) is 26.2 Å². The average molecular weight is 761 g/mol. The quantitative estimate of drug-likeness (QED) is 0.0389. The largest absolute Gasteiger partial charge is 0.463 e. The molecule has 2 fully saturated rings. The van der Waals surface area contributed by atoms with Crippen LogP contribution in [0.2, 0.25) is 0 Å². The van der Waals surface area contributed by atoms with Crippen LogP contribution in [0.3, 0.4) is 0 Å². The first kappa shape index (κ1) is 48.7. The topological polar surface area (TPSA) is 77.1 Å². The van der Waals surface area contributed by atoms with Crippen LogP contribution in [0.4, 0.5) is 0 Å². The maximum Gasteiger partial charge on any atom is 0.305 e. The molecular weight excluding hydrogens is 673 g/mol. The number of carbonyl (C=O) groups is 2. The van der Waals surface area contributed by atoms with E-state index in [0.29, 0.717) is 12.8 Å². The molecule has 2 aliphatic heterocycles. The zero-order valence-corrected chi connectivity index (χ0v) is 36.1. The molecule has 1 N–H and O–H groups in total. The van der Waals surface area contributed by atoms with Crippen LogP contribution in [0, 0.1) is 0 Å². The lowest BCUT2D eigenvalue weighted by Gasteiger charge is -2.27. The maximum absolute atomic E-state index is 13.3. The smallest absolute Gasteiger partial charge is 0.305 e. The molecule has 2 heterocycles. The summed E-state index contributed by atoms with van der Waals surface area (Å²) < 4.78 is 18.7. The highest BCUT2D eigenvalue weighted by molar-refractivity contribution is 5.76. The number of likely N-dealkylation sites (tertiary alicyclic amines) is 1. The molecule has 1 amide bonds. The molecule has 0 spiro atoms. The molecule has 0 aromatic carbocycles. The van der Waals surface area contributed by atoms with E-state index >= 15 is 0 Å². The van der Waals surface area contributed by atoms with E-state index in [9.17, 15) is 9.59 Å². The SMILES string of the molecule is CCCCCCCC/C=C\CCCCCCCC(=O)N[C@@H](COC(=O)CCCN1CCCC1)[C@@H]1OC(C)(C)O[C@@H]1CCCCCCCCCCCCCC. The molecule has 2 rings (SSSR count). The summed E-state index contributed by atoms with van der Waals surface area (Å²) in [5.41, 5.74) is 0. The van der Waals surface area contributed by atoms with E-state index in [1.54, 1.807) is 0 Å². The van der Waals surface area contributed by atoms with Crippen LogP contribution >= 0.6 is 0 Å². The number of hydrogen-bond acceptors (Lipinski definition) is 6. The minimum absolute atomic E-state index is 0.0140. The lowest BCUT2D eigenvalue weighted by molar-refractivity contribution is -0.155. The van der Waals surface area contributed by atoms with Crippen LogP contribution in [0.5, 0.6) is 0 Å². The Morgan fingerprint density at radius 3 is 1.72 bits per heavy atom. The van der Waals surface area contributed by atoms with Crippen LogP contribution in [0.1, 0.15) is 227 Å². The number of hydrogen-bond donors (Lipinski definition) is 1. The Morgan fingerprint density at radius 2 is 1.17 bits per heavy atom. The van der Waals surface area contributed by atoms with Gasteiger partial charge >= 0.3 is 5.97 Å². The van der Waals surface area contributed by atoms with Gasteiger partial charge in [0.2, 0.25) is 5.91 Å². The first-order valence-electron chi connectivity index (χ1n) is 23.5. The number of esters is 1. The van der Waals surface area contributed by atoms with Crippen molar-refractivity contribution >= 4 is 11.9 Å². The van der Waals surface area contributed by atoms with Gasteiger partial charge in [-0.2, -0.15) is 0 Å². The lowest BCUT2D eigenvalue weighted by Crippen LogP contribution is -2.50. The average Bonchev–Trinajstić information content (AvgIpc) is 3.78. The molecule has 0 aromatic rings. The molecule has 0 saturated carbocycles. The fourth-order valence-corrected chi connectivity index (χ4v) is 8.18. The second-order valence-corrected chi connectivity index (χ2v) is 17.2. The number of carbonyl (C=O) groups excluding carboxylic acids is 2. The first-order chi connectivity index (χ1) is 26.3. The van der Waals surface area contributed by atoms with Gasteiger partial charge in [0.05, 0.1) is 12.1 Å². The molecule has 2 aliphatic rings. The summed E-state index contributed by atoms with van der Waals surface area (Å²) >= 11 is 0. The number of ether oxygens (including phenoxy) is 3. The van der Waals surface area contributed by atoms with Crippen LogP contribution in [0.15, 0.2) is 12.2 Å². The Labute approximate surface area is 334 Å². The normalized spacial score (nSPS) is 19.2. The molecule has 54 heavy (non-hydrogen) atoms. The highest BCUT2D eigenvalue weighted by atomic mass is 16.8. The fraction of sp³-hybridized carbons (Fsp3) is 0.915. The molecule has 0 bridgehead atoms. The number of amides is 1. The summed E-state index contributed by atoms with van der Waals surface area (Å²) in [5.74, 6) is -0.917. The Morgan fingerprint density at radius 1 is 0.667 bits per heavy atom. The highest BCUT2D eigenvalue weighted by Gasteiger charge is 2.45. The standard InChI is InChI=1S/C47H88N2O5/c1-5-7-9-11-13-15-17-19-20-21-23-25-27-29-31-36-44(50)48-42(41-52-45(51)37-34-40-49-38-32-33-39-49)46-43(53-47(3,4)54-46)35-30-28-26-24-22-18-16-14-12-10-8-6-2/h19-20,42-43,46H,5-18,21-41H2,1-4H3,(H,48,50)/b20-19-/t42-,43+,46-/m0/s1. The first-order valence-corrected chi connectivity index (χ1v) is 23.5. The number of unbranched alkanes of at least 4 members (excludes halogenated alkanes) is 22. The van der Waals surface area contributed by atoms with Crippen molar-refractivity contribution in [2.24, 2.45) is 0 Å². The molecule has 7 nitrogen and oxygen atoms in total. The number of nitrogens with one attached hydrogen (secondary N) is 1. The van der Waals surface area contributed by atoms with Crippen molar-refractivity contribution < 1.29 is 23.8 Å². The van der Waals surface area contributed by atoms with Crippen LogP contribution in [0.25, 0.3) is 0 Å². The third-order valence-electron chi connectivity index (χ3n) is 11.5. The van der Waals surface area contributed by atoms with E-state index in [4.69, 9.17) is 14.2 Å². The van der Waals surface area contributed by atoms with Gasteiger partial charge in [-0.1, -0.05) is 154 Å². The Kier molecular flexibility index (Phi) is 29.4. The van der Waals surface area contributed by atoms with E-state index in [1.165, 1.54) is 141 Å². The van der Waals surface area contributed by atoms with Crippen molar-refractivity contribution in [1.82, 2.24) is 10.2 Å². The van der Waals surface area contributed by atoms with E-state index in [0.717, 1.165) is 64.6 Å². The van der Waals surface area contributed by atoms with Crippen LogP contribution in [-0.2, 0) is 23.8 Å². The van der Waals surface area contributed by atoms with Gasteiger partial charge in [0.1, 0.15) is 12.7 Å². The second-order valence-electron chi connectivity index (χ2n) is 17.2. The van der Waals surface area contributed by atoms with Gasteiger partial charge in [0.15, 0.2) is 5.79 Å². The predicted molar refractivity (Wildman–Crippen MR) is 227 cm³/mol. The lowest BCUT2D eigenvalue weighted by atomic mass is 9.99. The molecule has 7 heteroatoms. The Hall–Kier alpha value is -1.44. The summed E-state index contributed by atoms with van der Waals surface area (Å²) in [6, 6.07) is -0.424. The molecule has 0 unspecified atom stereocenters. The van der Waals surface area contributed by atoms with Crippen molar-refractivity contribution in [1.29, 1.82) is 0 Å². The number of rotatable bonds is 36. The second kappa shape index (κ2) is 32.6. The van der Waals surface area contributed by atoms with Gasteiger partial charge in [-0.3, -0.25) is 9.59 Å². The van der Waals surface area contributed by atoms with Gasteiger partial charge in [-0.15, -0.1) is 0 Å². The van der Waals surface area contributed by atoms with Gasteiger partial charge in [-0.05, 0) is 91.3 Å². The molecule has 316 valence electrons. The molecule has 2 saturated heterocycles. The van der Waals surface area contributed by atoms with Crippen molar-refractivity contribution in [3.8, 4) is 0 Å². The van der Waals surface area contributed by atoms with Crippen molar-refractivity contribution in [2.45, 2.75) is 251 Å². The van der Waals surface area contributed by atoms with Gasteiger partial charge in [-0.25, -0.2) is 0 Å². The number of nitrogens with zero attached hydrogens (tertiary/aromatic N) is 1. The molecule has 0 aromatic heterocycles. The van der Waals surface area contributed by atoms with E-state index in [2.05, 4.69) is 36.2 Å². The van der Waals surface area contributed by atoms with Gasteiger partial charge in [0.25, 0.3) is 0 Å². The maximum atomic E-state index is 13.3. The van der Waals surface area contributed by atoms with Crippen molar-refractivity contribution in [3.63, 3.8) is 0 Å². The summed E-state index contributed by atoms with van der Waals surface area (Å²) in [6.45, 7) is 11.8. The highest BCUT2D eigenvalue weighted by Crippen LogP contribution is 2.33. The zero-order valence-electron chi connectivity index (χ0n) is 36.1. The minimum Gasteiger partial charge on any atom is -0.463 e. The zero-order chi connectivity index (χ0) is 39.0. The number of allylic oxidation sites excluding steroid dienone is 2. The molecule has 0 radical (unpaired) electrons. The van der Waals surface area contributed by atoms with Gasteiger partial charge in [0, 0.05) is 12.8 Å². The fourth-order valence-electron chi connectivity index (χ4n) is 8.18. The Bertz CT molecular complexity index is 933. The summed E-state index contributed by atoms with van der Waals surface area (Å²) in [6.07, 6.45) is 41.1. The van der Waals surface area contributed by atoms with Crippen LogP contribution in [-0.4, -0.2) is 67.1 Å².